The Hall–Kier alpha value is -0.520. The first kappa shape index (κ1) is 8.58. The number of nitrogens with one attached hydrogen (secondary N) is 1. The Balaban J connectivity index is 2.32. The molecule has 0 aliphatic rings. The van der Waals surface area contributed by atoms with Crippen LogP contribution in [-0.2, 0) is 6.54 Å². The number of nitrogens with zero attached hydrogens (tertiary/aromatic N) is 2. The molecule has 0 aliphatic heterocycles. The summed E-state index contributed by atoms with van der Waals surface area (Å²) in [7, 11) is 0. The van der Waals surface area contributed by atoms with Crippen LogP contribution >= 0.6 is 11.5 Å². The van der Waals surface area contributed by atoms with Gasteiger partial charge in [-0.3, -0.25) is 0 Å². The van der Waals surface area contributed by atoms with Gasteiger partial charge in [0.05, 0.1) is 10.6 Å². The first-order chi connectivity index (χ1) is 5.34. The van der Waals surface area contributed by atoms with Gasteiger partial charge in [-0.15, -0.1) is 5.10 Å². The maximum absolute atomic E-state index is 5.32. The third kappa shape index (κ3) is 2.53. The zero-order chi connectivity index (χ0) is 8.10. The molecule has 1 heterocycles. The van der Waals surface area contributed by atoms with E-state index in [1.165, 1.54) is 16.4 Å². The molecule has 0 fully saturated rings. The Morgan fingerprint density at radius 2 is 2.45 bits per heavy atom. The molecule has 11 heavy (non-hydrogen) atoms. The zero-order valence-electron chi connectivity index (χ0n) is 6.50. The van der Waals surface area contributed by atoms with E-state index < -0.39 is 0 Å². The van der Waals surface area contributed by atoms with Crippen LogP contribution in [0.15, 0.2) is 0 Å². The highest BCUT2D eigenvalue weighted by atomic mass is 32.1. The average molecular weight is 172 g/mol. The number of aromatic nitrogens is 2. The second-order valence-electron chi connectivity index (χ2n) is 2.25. The Bertz CT molecular complexity index is 210. The van der Waals surface area contributed by atoms with E-state index >= 15 is 0 Å². The predicted molar refractivity (Wildman–Crippen MR) is 45.4 cm³/mol. The molecule has 0 aliphatic carbocycles. The fourth-order valence-electron chi connectivity index (χ4n) is 0.717. The van der Waals surface area contributed by atoms with E-state index in [1.807, 2.05) is 6.92 Å². The number of nitrogens with two attached hydrogens (primary N) is 1. The van der Waals surface area contributed by atoms with Crippen LogP contribution in [0.1, 0.15) is 10.6 Å². The molecule has 4 nitrogen and oxygen atoms in total. The van der Waals surface area contributed by atoms with E-state index in [1.54, 1.807) is 0 Å². The summed E-state index contributed by atoms with van der Waals surface area (Å²) in [6.07, 6.45) is 0. The van der Waals surface area contributed by atoms with Crippen molar-refractivity contribution >= 4 is 11.5 Å². The molecular formula is C6H12N4S. The second-order valence-corrected chi connectivity index (χ2v) is 3.09. The fraction of sp³-hybridized carbons (Fsp3) is 0.667. The Labute approximate surface area is 70.0 Å². The summed E-state index contributed by atoms with van der Waals surface area (Å²) in [5, 5.41) is 7.08. The van der Waals surface area contributed by atoms with Crippen LogP contribution in [0, 0.1) is 6.92 Å². The standard InChI is InChI=1S/C6H12N4S/c1-5-6(11-10-9-5)4-8-3-2-7/h8H,2-4,7H2,1H3. The van der Waals surface area contributed by atoms with Crippen molar-refractivity contribution in [3.8, 4) is 0 Å². The first-order valence-electron chi connectivity index (χ1n) is 3.53. The summed E-state index contributed by atoms with van der Waals surface area (Å²) < 4.78 is 3.82. The molecule has 1 aromatic rings. The quantitative estimate of drug-likeness (QED) is 0.622. The van der Waals surface area contributed by atoms with Crippen LogP contribution < -0.4 is 11.1 Å². The monoisotopic (exact) mass is 172 g/mol. The van der Waals surface area contributed by atoms with Crippen molar-refractivity contribution in [2.45, 2.75) is 13.5 Å². The van der Waals surface area contributed by atoms with Crippen molar-refractivity contribution in [3.05, 3.63) is 10.6 Å². The maximum Gasteiger partial charge on any atom is 0.0769 e. The van der Waals surface area contributed by atoms with Crippen LogP contribution in [0.25, 0.3) is 0 Å². The Morgan fingerprint density at radius 1 is 1.64 bits per heavy atom. The van der Waals surface area contributed by atoms with Crippen molar-refractivity contribution in [1.29, 1.82) is 0 Å². The van der Waals surface area contributed by atoms with Crippen LogP contribution in [0.3, 0.4) is 0 Å². The molecule has 3 N–H and O–H groups in total. The Kier molecular flexibility index (Phi) is 3.41. The van der Waals surface area contributed by atoms with E-state index in [-0.39, 0.29) is 0 Å². The fourth-order valence-corrected chi connectivity index (χ4v) is 1.32. The van der Waals surface area contributed by atoms with Crippen molar-refractivity contribution in [1.82, 2.24) is 14.9 Å². The van der Waals surface area contributed by atoms with Gasteiger partial charge in [0, 0.05) is 19.6 Å². The topological polar surface area (TPSA) is 63.8 Å². The lowest BCUT2D eigenvalue weighted by atomic mass is 10.4. The molecule has 62 valence electrons. The molecule has 0 unspecified atom stereocenters. The van der Waals surface area contributed by atoms with Gasteiger partial charge in [-0.1, -0.05) is 4.49 Å². The van der Waals surface area contributed by atoms with E-state index in [0.717, 1.165) is 18.8 Å². The highest BCUT2D eigenvalue weighted by molar-refractivity contribution is 7.05. The van der Waals surface area contributed by atoms with Gasteiger partial charge in [0.15, 0.2) is 0 Å². The molecule has 0 atom stereocenters. The predicted octanol–water partition coefficient (Wildman–Crippen LogP) is -0.105. The largest absolute Gasteiger partial charge is 0.329 e. The van der Waals surface area contributed by atoms with Gasteiger partial charge in [-0.2, -0.15) is 0 Å². The third-order valence-electron chi connectivity index (χ3n) is 1.35. The molecule has 0 radical (unpaired) electrons. The molecule has 0 spiro atoms. The van der Waals surface area contributed by atoms with Gasteiger partial charge in [0.2, 0.25) is 0 Å². The minimum atomic E-state index is 0.672. The minimum Gasteiger partial charge on any atom is -0.329 e. The summed E-state index contributed by atoms with van der Waals surface area (Å²) in [4.78, 5) is 1.19. The van der Waals surface area contributed by atoms with Crippen molar-refractivity contribution in [3.63, 3.8) is 0 Å². The van der Waals surface area contributed by atoms with E-state index in [9.17, 15) is 0 Å². The van der Waals surface area contributed by atoms with Crippen molar-refractivity contribution < 1.29 is 0 Å². The summed E-state index contributed by atoms with van der Waals surface area (Å²) in [6.45, 7) is 4.31. The molecule has 0 bridgehead atoms. The van der Waals surface area contributed by atoms with Gasteiger partial charge < -0.3 is 11.1 Å². The van der Waals surface area contributed by atoms with Crippen molar-refractivity contribution in [2.24, 2.45) is 5.73 Å². The molecule has 0 saturated carbocycles. The number of aryl methyl sites for hydroxylation is 1. The van der Waals surface area contributed by atoms with Crippen molar-refractivity contribution in [2.75, 3.05) is 13.1 Å². The highest BCUT2D eigenvalue weighted by Crippen LogP contribution is 2.07. The normalized spacial score (nSPS) is 10.4. The molecule has 1 rings (SSSR count). The SMILES string of the molecule is Cc1nnsc1CNCCN. The van der Waals surface area contributed by atoms with Gasteiger partial charge >= 0.3 is 0 Å². The highest BCUT2D eigenvalue weighted by Gasteiger charge is 2.00. The van der Waals surface area contributed by atoms with Crippen LogP contribution in [0.2, 0.25) is 0 Å². The van der Waals surface area contributed by atoms with E-state index in [0.29, 0.717) is 6.54 Å². The van der Waals surface area contributed by atoms with E-state index in [4.69, 9.17) is 5.73 Å². The summed E-state index contributed by atoms with van der Waals surface area (Å²) in [6, 6.07) is 0. The lowest BCUT2D eigenvalue weighted by Gasteiger charge is -1.98. The number of hydrogen-bond donors (Lipinski definition) is 2. The number of rotatable bonds is 4. The van der Waals surface area contributed by atoms with Crippen LogP contribution in [-0.4, -0.2) is 22.7 Å². The minimum absolute atomic E-state index is 0.672. The number of hydrogen-bond acceptors (Lipinski definition) is 5. The lowest BCUT2D eigenvalue weighted by molar-refractivity contribution is 0.698. The smallest absolute Gasteiger partial charge is 0.0769 e. The molecule has 0 amide bonds. The van der Waals surface area contributed by atoms with Gasteiger partial charge in [-0.05, 0) is 18.5 Å². The average Bonchev–Trinajstić information content (AvgIpc) is 2.37. The molecular weight excluding hydrogens is 160 g/mol. The van der Waals surface area contributed by atoms with Gasteiger partial charge in [-0.25, -0.2) is 0 Å². The summed E-state index contributed by atoms with van der Waals surface area (Å²) in [5.74, 6) is 0. The second kappa shape index (κ2) is 4.38. The molecule has 1 aromatic heterocycles. The molecule has 0 aromatic carbocycles. The Morgan fingerprint density at radius 3 is 3.00 bits per heavy atom. The van der Waals surface area contributed by atoms with E-state index in [2.05, 4.69) is 14.9 Å². The van der Waals surface area contributed by atoms with Crippen LogP contribution in [0.4, 0.5) is 0 Å². The van der Waals surface area contributed by atoms with Gasteiger partial charge in [0.1, 0.15) is 0 Å². The molecule has 0 saturated heterocycles. The lowest BCUT2D eigenvalue weighted by Crippen LogP contribution is -2.21. The maximum atomic E-state index is 5.32. The molecule has 5 heteroatoms. The van der Waals surface area contributed by atoms with Gasteiger partial charge in [0.25, 0.3) is 0 Å². The first-order valence-corrected chi connectivity index (χ1v) is 4.30. The summed E-state index contributed by atoms with van der Waals surface area (Å²) >= 11 is 1.44. The zero-order valence-corrected chi connectivity index (χ0v) is 7.32. The summed E-state index contributed by atoms with van der Waals surface area (Å²) in [5.41, 5.74) is 6.33. The van der Waals surface area contributed by atoms with Crippen LogP contribution in [0.5, 0.6) is 0 Å². The third-order valence-corrected chi connectivity index (χ3v) is 2.18.